The predicted molar refractivity (Wildman–Crippen MR) is 105 cm³/mol. The molecule has 3 rings (SSSR count). The number of nitrogens with zero attached hydrogens (tertiary/aromatic N) is 2. The summed E-state index contributed by atoms with van der Waals surface area (Å²) in [7, 11) is 0. The molecular formula is C21H23FN4O2. The van der Waals surface area contributed by atoms with E-state index in [1.165, 1.54) is 6.07 Å². The molecule has 0 saturated heterocycles. The monoisotopic (exact) mass is 382 g/mol. The van der Waals surface area contributed by atoms with Crippen LogP contribution in [0, 0.1) is 12.7 Å². The van der Waals surface area contributed by atoms with Gasteiger partial charge in [0.15, 0.2) is 0 Å². The van der Waals surface area contributed by atoms with E-state index in [2.05, 4.69) is 20.8 Å². The lowest BCUT2D eigenvalue weighted by Gasteiger charge is -2.11. The summed E-state index contributed by atoms with van der Waals surface area (Å²) in [4.78, 5) is 16.6. The molecule has 0 radical (unpaired) electrons. The summed E-state index contributed by atoms with van der Waals surface area (Å²) >= 11 is 0. The molecule has 7 heteroatoms. The van der Waals surface area contributed by atoms with Gasteiger partial charge >= 0.3 is 0 Å². The van der Waals surface area contributed by atoms with E-state index in [-0.39, 0.29) is 18.1 Å². The van der Waals surface area contributed by atoms with Gasteiger partial charge in [-0.2, -0.15) is 4.98 Å². The number of hydrogen-bond donors (Lipinski definition) is 2. The Balaban J connectivity index is 1.58. The van der Waals surface area contributed by atoms with Gasteiger partial charge in [0.25, 0.3) is 0 Å². The number of aromatic nitrogens is 2. The van der Waals surface area contributed by atoms with Gasteiger partial charge < -0.3 is 15.2 Å². The van der Waals surface area contributed by atoms with Crippen LogP contribution in [0.5, 0.6) is 0 Å². The van der Waals surface area contributed by atoms with E-state index in [1.54, 1.807) is 19.1 Å². The van der Waals surface area contributed by atoms with Crippen molar-refractivity contribution in [2.75, 3.05) is 11.9 Å². The second kappa shape index (κ2) is 9.23. The van der Waals surface area contributed by atoms with Crippen LogP contribution in [-0.4, -0.2) is 22.6 Å². The fourth-order valence-corrected chi connectivity index (χ4v) is 2.75. The molecule has 1 heterocycles. The van der Waals surface area contributed by atoms with Crippen molar-refractivity contribution >= 4 is 11.6 Å². The van der Waals surface area contributed by atoms with Crippen molar-refractivity contribution < 1.29 is 13.7 Å². The molecule has 0 bridgehead atoms. The normalized spacial score (nSPS) is 10.8. The maximum absolute atomic E-state index is 13.4. The van der Waals surface area contributed by atoms with Gasteiger partial charge in [-0.1, -0.05) is 30.3 Å². The molecule has 2 aromatic carbocycles. The van der Waals surface area contributed by atoms with E-state index in [0.29, 0.717) is 35.8 Å². The first-order valence-electron chi connectivity index (χ1n) is 9.24. The van der Waals surface area contributed by atoms with Crippen LogP contribution in [0.3, 0.4) is 0 Å². The van der Waals surface area contributed by atoms with Gasteiger partial charge in [0.2, 0.25) is 17.6 Å². The number of rotatable bonds is 8. The molecule has 0 fully saturated rings. The van der Waals surface area contributed by atoms with Gasteiger partial charge in [-0.25, -0.2) is 4.39 Å². The largest absolute Gasteiger partial charge is 0.339 e. The molecule has 0 aliphatic heterocycles. The van der Waals surface area contributed by atoms with Crippen molar-refractivity contribution in [1.82, 2.24) is 15.5 Å². The standard InChI is InChI=1S/C21H23FN4O2/c1-3-23-13-16-6-4-5-7-18(16)24-19(27)10-11-20-25-21(26-28-20)15-8-9-17(22)14(2)12-15/h4-9,12,23H,3,10-11,13H2,1-2H3,(H,24,27). The number of benzene rings is 2. The summed E-state index contributed by atoms with van der Waals surface area (Å²) < 4.78 is 18.6. The lowest BCUT2D eigenvalue weighted by Crippen LogP contribution is -2.17. The molecule has 0 spiro atoms. The number of carbonyl (C=O) groups is 1. The van der Waals surface area contributed by atoms with Gasteiger partial charge in [0.1, 0.15) is 5.82 Å². The average molecular weight is 382 g/mol. The molecule has 0 unspecified atom stereocenters. The zero-order chi connectivity index (χ0) is 19.9. The van der Waals surface area contributed by atoms with Crippen LogP contribution in [0.2, 0.25) is 0 Å². The number of amides is 1. The summed E-state index contributed by atoms with van der Waals surface area (Å²) in [6, 6.07) is 12.3. The summed E-state index contributed by atoms with van der Waals surface area (Å²) in [6.07, 6.45) is 0.550. The molecule has 0 aliphatic rings. The zero-order valence-electron chi connectivity index (χ0n) is 16.0. The first kappa shape index (κ1) is 19.7. The summed E-state index contributed by atoms with van der Waals surface area (Å²) in [5.41, 5.74) is 3.01. The molecule has 3 aromatic rings. The smallest absolute Gasteiger partial charge is 0.227 e. The summed E-state index contributed by atoms with van der Waals surface area (Å²) in [5, 5.41) is 10.1. The van der Waals surface area contributed by atoms with Crippen molar-refractivity contribution in [2.45, 2.75) is 33.2 Å². The predicted octanol–water partition coefficient (Wildman–Crippen LogP) is 3.86. The third-order valence-corrected chi connectivity index (χ3v) is 4.31. The Morgan fingerprint density at radius 2 is 2.04 bits per heavy atom. The minimum Gasteiger partial charge on any atom is -0.339 e. The Kier molecular flexibility index (Phi) is 6.49. The number of anilines is 1. The van der Waals surface area contributed by atoms with E-state index in [1.807, 2.05) is 31.2 Å². The zero-order valence-corrected chi connectivity index (χ0v) is 16.0. The van der Waals surface area contributed by atoms with E-state index >= 15 is 0 Å². The highest BCUT2D eigenvalue weighted by molar-refractivity contribution is 5.91. The van der Waals surface area contributed by atoms with Gasteiger partial charge in [-0.3, -0.25) is 4.79 Å². The molecule has 28 heavy (non-hydrogen) atoms. The SMILES string of the molecule is CCNCc1ccccc1NC(=O)CCc1nc(-c2ccc(F)c(C)c2)no1. The maximum atomic E-state index is 13.4. The Morgan fingerprint density at radius 1 is 1.21 bits per heavy atom. The van der Waals surface area contributed by atoms with Crippen molar-refractivity contribution in [1.29, 1.82) is 0 Å². The highest BCUT2D eigenvalue weighted by Gasteiger charge is 2.12. The molecule has 2 N–H and O–H groups in total. The van der Waals surface area contributed by atoms with Crippen LogP contribution in [-0.2, 0) is 17.8 Å². The highest BCUT2D eigenvalue weighted by Crippen LogP contribution is 2.20. The molecule has 146 valence electrons. The third-order valence-electron chi connectivity index (χ3n) is 4.31. The topological polar surface area (TPSA) is 80.0 Å². The lowest BCUT2D eigenvalue weighted by molar-refractivity contribution is -0.116. The Labute approximate surface area is 163 Å². The number of nitrogens with one attached hydrogen (secondary N) is 2. The summed E-state index contributed by atoms with van der Waals surface area (Å²) in [6.45, 7) is 5.26. The van der Waals surface area contributed by atoms with Gasteiger partial charge in [0.05, 0.1) is 0 Å². The fraction of sp³-hybridized carbons (Fsp3) is 0.286. The lowest BCUT2D eigenvalue weighted by atomic mass is 10.1. The molecular weight excluding hydrogens is 359 g/mol. The third kappa shape index (κ3) is 5.01. The number of halogens is 1. The van der Waals surface area contributed by atoms with Crippen LogP contribution in [0.1, 0.15) is 30.4 Å². The quantitative estimate of drug-likeness (QED) is 0.618. The average Bonchev–Trinajstić information content (AvgIpc) is 3.17. The van der Waals surface area contributed by atoms with E-state index in [0.717, 1.165) is 17.8 Å². The molecule has 1 aromatic heterocycles. The van der Waals surface area contributed by atoms with Crippen molar-refractivity contribution in [3.63, 3.8) is 0 Å². The maximum Gasteiger partial charge on any atom is 0.227 e. The van der Waals surface area contributed by atoms with Crippen molar-refractivity contribution in [2.24, 2.45) is 0 Å². The van der Waals surface area contributed by atoms with E-state index in [4.69, 9.17) is 4.52 Å². The van der Waals surface area contributed by atoms with Gasteiger partial charge in [-0.05, 0) is 48.9 Å². The van der Waals surface area contributed by atoms with Crippen molar-refractivity contribution in [3.05, 3.63) is 65.3 Å². The first-order valence-corrected chi connectivity index (χ1v) is 9.24. The second-order valence-corrected chi connectivity index (χ2v) is 6.46. The molecule has 0 aliphatic carbocycles. The molecule has 1 amide bonds. The molecule has 6 nitrogen and oxygen atoms in total. The van der Waals surface area contributed by atoms with Crippen molar-refractivity contribution in [3.8, 4) is 11.4 Å². The van der Waals surface area contributed by atoms with Crippen LogP contribution in [0.15, 0.2) is 47.0 Å². The number of aryl methyl sites for hydroxylation is 2. The Hall–Kier alpha value is -3.06. The van der Waals surface area contributed by atoms with Crippen LogP contribution < -0.4 is 10.6 Å². The minimum atomic E-state index is -0.279. The Morgan fingerprint density at radius 3 is 2.82 bits per heavy atom. The van der Waals surface area contributed by atoms with Gasteiger partial charge in [-0.15, -0.1) is 0 Å². The molecule has 0 saturated carbocycles. The number of hydrogen-bond acceptors (Lipinski definition) is 5. The second-order valence-electron chi connectivity index (χ2n) is 6.46. The molecule has 0 atom stereocenters. The minimum absolute atomic E-state index is 0.124. The number of para-hydroxylation sites is 1. The van der Waals surface area contributed by atoms with Gasteiger partial charge in [0, 0.05) is 30.6 Å². The summed E-state index contributed by atoms with van der Waals surface area (Å²) in [5.74, 6) is 0.349. The van der Waals surface area contributed by atoms with Crippen LogP contribution >= 0.6 is 0 Å². The van der Waals surface area contributed by atoms with Crippen LogP contribution in [0.25, 0.3) is 11.4 Å². The van der Waals surface area contributed by atoms with Crippen LogP contribution in [0.4, 0.5) is 10.1 Å². The fourth-order valence-electron chi connectivity index (χ4n) is 2.75. The van der Waals surface area contributed by atoms with E-state index in [9.17, 15) is 9.18 Å². The highest BCUT2D eigenvalue weighted by atomic mass is 19.1. The number of carbonyl (C=O) groups excluding carboxylic acids is 1. The Bertz CT molecular complexity index is 955. The van der Waals surface area contributed by atoms with E-state index < -0.39 is 0 Å². The first-order chi connectivity index (χ1) is 13.6.